The molecule has 0 aromatic heterocycles. The van der Waals surface area contributed by atoms with Crippen LogP contribution in [-0.4, -0.2) is 53.0 Å². The first-order valence-corrected chi connectivity index (χ1v) is 9.81. The van der Waals surface area contributed by atoms with Crippen molar-refractivity contribution in [1.29, 1.82) is 0 Å². The maximum atomic E-state index is 12.7. The summed E-state index contributed by atoms with van der Waals surface area (Å²) in [4.78, 5) is 16.3. The minimum atomic E-state index is -0.826. The molecule has 2 aliphatic heterocycles. The van der Waals surface area contributed by atoms with Gasteiger partial charge in [0.05, 0.1) is 29.6 Å². The van der Waals surface area contributed by atoms with Gasteiger partial charge in [-0.15, -0.1) is 0 Å². The van der Waals surface area contributed by atoms with Crippen LogP contribution in [0.5, 0.6) is 11.5 Å². The quantitative estimate of drug-likeness (QED) is 0.768. The Balaban J connectivity index is 1.72. The summed E-state index contributed by atoms with van der Waals surface area (Å²) in [5.74, 6) is 1.39. The topological polar surface area (TPSA) is 88.3 Å². The second-order valence-corrected chi connectivity index (χ2v) is 8.51. The molecule has 0 bridgehead atoms. The van der Waals surface area contributed by atoms with Crippen molar-refractivity contribution in [3.63, 3.8) is 0 Å². The van der Waals surface area contributed by atoms with Crippen molar-refractivity contribution in [1.82, 2.24) is 4.90 Å². The van der Waals surface area contributed by atoms with Gasteiger partial charge in [-0.1, -0.05) is 24.3 Å². The monoisotopic (exact) mass is 397 g/mol. The van der Waals surface area contributed by atoms with Crippen LogP contribution in [0.15, 0.2) is 48.5 Å². The summed E-state index contributed by atoms with van der Waals surface area (Å²) < 4.78 is 11.6. The molecule has 1 saturated heterocycles. The molecule has 1 fully saturated rings. The molecule has 0 unspecified atom stereocenters. The molecule has 1 amide bonds. The number of carbonyl (C=O) groups is 1. The number of nitrogens with two attached hydrogens (primary N) is 1. The van der Waals surface area contributed by atoms with Crippen LogP contribution >= 0.6 is 0 Å². The molecule has 2 aliphatic rings. The Morgan fingerprint density at radius 3 is 2.17 bits per heavy atom. The molecule has 3 N–H and O–H groups in total. The number of anilines is 2. The van der Waals surface area contributed by atoms with Gasteiger partial charge in [0.15, 0.2) is 11.5 Å². The molecule has 2 aromatic rings. The van der Waals surface area contributed by atoms with E-state index in [0.29, 0.717) is 11.5 Å². The maximum absolute atomic E-state index is 12.7. The Morgan fingerprint density at radius 2 is 1.62 bits per heavy atom. The highest BCUT2D eigenvalue weighted by molar-refractivity contribution is 5.79. The molecule has 154 valence electrons. The van der Waals surface area contributed by atoms with E-state index in [1.807, 2.05) is 74.2 Å². The van der Waals surface area contributed by atoms with Crippen LogP contribution in [0.1, 0.15) is 20.8 Å². The molecule has 0 spiro atoms. The predicted octanol–water partition coefficient (Wildman–Crippen LogP) is 3.24. The third-order valence-electron chi connectivity index (χ3n) is 5.12. The molecule has 2 heterocycles. The van der Waals surface area contributed by atoms with Gasteiger partial charge in [0, 0.05) is 13.1 Å². The van der Waals surface area contributed by atoms with Crippen LogP contribution in [0.2, 0.25) is 0 Å². The number of hydrogen-bond acceptors (Lipinski definition) is 6. The van der Waals surface area contributed by atoms with E-state index in [1.54, 1.807) is 4.90 Å². The Hall–Kier alpha value is -2.77. The number of aliphatic hydroxyl groups is 1. The highest BCUT2D eigenvalue weighted by Gasteiger charge is 2.43. The van der Waals surface area contributed by atoms with E-state index < -0.39 is 29.9 Å². The van der Waals surface area contributed by atoms with Gasteiger partial charge >= 0.3 is 6.09 Å². The number of piperidine rings is 1. The minimum absolute atomic E-state index is 0.236. The Kier molecular flexibility index (Phi) is 4.88. The fourth-order valence-electron chi connectivity index (χ4n) is 3.86. The van der Waals surface area contributed by atoms with Crippen LogP contribution in [-0.2, 0) is 4.74 Å². The molecule has 0 aliphatic carbocycles. The zero-order valence-electron chi connectivity index (χ0n) is 16.9. The van der Waals surface area contributed by atoms with Crippen molar-refractivity contribution < 1.29 is 19.4 Å². The highest BCUT2D eigenvalue weighted by Crippen LogP contribution is 2.48. The standard InChI is InChI=1S/C22H27N3O4/c1-22(2,3)29-21(27)24-12-14(23)20(26)17(13-24)25-15-8-4-6-10-18(15)28-19-11-7-5-9-16(19)25/h4-11,14,17,20,26H,12-13,23H2,1-3H3/t14-,17+,20+/m0/s1. The van der Waals surface area contributed by atoms with Gasteiger partial charge in [0.25, 0.3) is 0 Å². The number of ether oxygens (including phenoxy) is 2. The van der Waals surface area contributed by atoms with Crippen molar-refractivity contribution in [3.8, 4) is 11.5 Å². The summed E-state index contributed by atoms with van der Waals surface area (Å²) in [6.07, 6.45) is -1.26. The summed E-state index contributed by atoms with van der Waals surface area (Å²) in [6.45, 7) is 6.01. The van der Waals surface area contributed by atoms with E-state index in [9.17, 15) is 9.90 Å². The lowest BCUT2D eigenvalue weighted by Gasteiger charge is -2.47. The number of carbonyl (C=O) groups excluding carboxylic acids is 1. The normalized spacial score (nSPS) is 23.7. The summed E-state index contributed by atoms with van der Waals surface area (Å²) in [6, 6.07) is 14.3. The SMILES string of the molecule is CC(C)(C)OC(=O)N1C[C@@H](N2c3ccccc3Oc3ccccc32)[C@H](O)[C@@H](N)C1. The number of rotatable bonds is 1. The fourth-order valence-corrected chi connectivity index (χ4v) is 3.86. The van der Waals surface area contributed by atoms with E-state index in [4.69, 9.17) is 15.2 Å². The second kappa shape index (κ2) is 7.24. The van der Waals surface area contributed by atoms with Gasteiger partial charge < -0.3 is 30.1 Å². The third kappa shape index (κ3) is 3.75. The van der Waals surface area contributed by atoms with Crippen molar-refractivity contribution in [3.05, 3.63) is 48.5 Å². The molecule has 2 aromatic carbocycles. The average molecular weight is 397 g/mol. The molecule has 0 radical (unpaired) electrons. The Bertz CT molecular complexity index is 865. The zero-order valence-corrected chi connectivity index (χ0v) is 16.9. The first kappa shape index (κ1) is 19.5. The summed E-state index contributed by atoms with van der Waals surface area (Å²) in [7, 11) is 0. The Morgan fingerprint density at radius 1 is 1.07 bits per heavy atom. The number of likely N-dealkylation sites (tertiary alicyclic amines) is 1. The predicted molar refractivity (Wildman–Crippen MR) is 111 cm³/mol. The summed E-state index contributed by atoms with van der Waals surface area (Å²) in [5, 5.41) is 11.0. The van der Waals surface area contributed by atoms with Gasteiger partial charge in [0.1, 0.15) is 5.60 Å². The van der Waals surface area contributed by atoms with Crippen LogP contribution in [0, 0.1) is 0 Å². The van der Waals surface area contributed by atoms with Crippen molar-refractivity contribution in [2.75, 3.05) is 18.0 Å². The lowest BCUT2D eigenvalue weighted by Crippen LogP contribution is -2.64. The maximum Gasteiger partial charge on any atom is 0.410 e. The van der Waals surface area contributed by atoms with E-state index in [0.717, 1.165) is 11.4 Å². The molecule has 4 rings (SSSR count). The number of benzene rings is 2. The number of fused-ring (bicyclic) bond motifs is 2. The van der Waals surface area contributed by atoms with E-state index in [2.05, 4.69) is 0 Å². The van der Waals surface area contributed by atoms with Gasteiger partial charge in [-0.25, -0.2) is 4.79 Å². The Labute approximate surface area is 170 Å². The lowest BCUT2D eigenvalue weighted by atomic mass is 9.94. The third-order valence-corrected chi connectivity index (χ3v) is 5.12. The second-order valence-electron chi connectivity index (χ2n) is 8.51. The molecular formula is C22H27N3O4. The van der Waals surface area contributed by atoms with Gasteiger partial charge in [-0.2, -0.15) is 0 Å². The number of aliphatic hydroxyl groups excluding tert-OH is 1. The largest absolute Gasteiger partial charge is 0.453 e. The van der Waals surface area contributed by atoms with Gasteiger partial charge in [0.2, 0.25) is 0 Å². The van der Waals surface area contributed by atoms with Crippen LogP contribution < -0.4 is 15.4 Å². The fraction of sp³-hybridized carbons (Fsp3) is 0.409. The van der Waals surface area contributed by atoms with Crippen molar-refractivity contribution in [2.24, 2.45) is 5.73 Å². The van der Waals surface area contributed by atoms with E-state index in [1.165, 1.54) is 0 Å². The van der Waals surface area contributed by atoms with Gasteiger partial charge in [-0.3, -0.25) is 0 Å². The number of para-hydroxylation sites is 4. The van der Waals surface area contributed by atoms with Crippen LogP contribution in [0.25, 0.3) is 0 Å². The first-order chi connectivity index (χ1) is 13.7. The van der Waals surface area contributed by atoms with Crippen LogP contribution in [0.4, 0.5) is 16.2 Å². The smallest absolute Gasteiger partial charge is 0.410 e. The molecule has 0 saturated carbocycles. The van der Waals surface area contributed by atoms with Gasteiger partial charge in [-0.05, 0) is 45.0 Å². The molecule has 7 heteroatoms. The lowest BCUT2D eigenvalue weighted by molar-refractivity contribution is -0.00132. The van der Waals surface area contributed by atoms with Crippen LogP contribution in [0.3, 0.4) is 0 Å². The first-order valence-electron chi connectivity index (χ1n) is 9.81. The summed E-state index contributed by atoms with van der Waals surface area (Å²) >= 11 is 0. The summed E-state index contributed by atoms with van der Waals surface area (Å²) in [5.41, 5.74) is 7.30. The van der Waals surface area contributed by atoms with E-state index >= 15 is 0 Å². The minimum Gasteiger partial charge on any atom is -0.453 e. The number of amides is 1. The van der Waals surface area contributed by atoms with Crippen molar-refractivity contribution >= 4 is 17.5 Å². The number of hydrogen-bond donors (Lipinski definition) is 2. The molecule has 7 nitrogen and oxygen atoms in total. The average Bonchev–Trinajstić information content (AvgIpc) is 2.67. The number of nitrogens with zero attached hydrogens (tertiary/aromatic N) is 2. The molecule has 3 atom stereocenters. The zero-order chi connectivity index (χ0) is 20.8. The van der Waals surface area contributed by atoms with E-state index in [-0.39, 0.29) is 13.1 Å². The van der Waals surface area contributed by atoms with Crippen molar-refractivity contribution in [2.45, 2.75) is 44.6 Å². The highest BCUT2D eigenvalue weighted by atomic mass is 16.6. The molecule has 29 heavy (non-hydrogen) atoms. The molecular weight excluding hydrogens is 370 g/mol.